The number of Topliss-reactive ketones (excluding diaryl/α,β-unsaturated/α-hetero) is 1. The first-order chi connectivity index (χ1) is 11.0. The third-order valence-electron chi connectivity index (χ3n) is 3.45. The predicted octanol–water partition coefficient (Wildman–Crippen LogP) is 6.46. The highest BCUT2D eigenvalue weighted by Crippen LogP contribution is 2.19. The molecule has 4 nitrogen and oxygen atoms in total. The molecule has 0 bridgehead atoms. The van der Waals surface area contributed by atoms with Crippen LogP contribution in [0.15, 0.2) is 10.2 Å². The standard InChI is InChI=1S/C12H26N2O.C8H16O/c1-6-7-8-9-10-12(5,15)14-13-11(2,3)4;1-3-4-5-6-7-8(2)9/h15H,6-10H2,1-5H3;3-7H2,1-2H3. The Labute approximate surface area is 150 Å². The molecule has 1 atom stereocenters. The second-order valence-electron chi connectivity index (χ2n) is 7.91. The Balaban J connectivity index is 0. The van der Waals surface area contributed by atoms with Crippen molar-refractivity contribution in [3.05, 3.63) is 0 Å². The zero-order chi connectivity index (χ0) is 19.1. The summed E-state index contributed by atoms with van der Waals surface area (Å²) in [6, 6.07) is 0. The Morgan fingerprint density at radius 3 is 1.75 bits per heavy atom. The van der Waals surface area contributed by atoms with Gasteiger partial charge in [-0.25, -0.2) is 0 Å². The average Bonchev–Trinajstić information content (AvgIpc) is 2.46. The van der Waals surface area contributed by atoms with Gasteiger partial charge in [0.2, 0.25) is 0 Å². The van der Waals surface area contributed by atoms with Crippen LogP contribution >= 0.6 is 0 Å². The molecule has 24 heavy (non-hydrogen) atoms. The highest BCUT2D eigenvalue weighted by atomic mass is 16.3. The van der Waals surface area contributed by atoms with Crippen molar-refractivity contribution in [3.8, 4) is 0 Å². The molecule has 1 unspecified atom stereocenters. The zero-order valence-corrected chi connectivity index (χ0v) is 17.3. The second-order valence-corrected chi connectivity index (χ2v) is 7.91. The van der Waals surface area contributed by atoms with Gasteiger partial charge in [0.15, 0.2) is 5.72 Å². The molecule has 0 rings (SSSR count). The van der Waals surface area contributed by atoms with E-state index < -0.39 is 5.72 Å². The largest absolute Gasteiger partial charge is 0.368 e. The van der Waals surface area contributed by atoms with E-state index in [-0.39, 0.29) is 5.54 Å². The predicted molar refractivity (Wildman–Crippen MR) is 103 cm³/mol. The number of nitrogens with zero attached hydrogens (tertiary/aromatic N) is 2. The molecule has 0 fully saturated rings. The third-order valence-corrected chi connectivity index (χ3v) is 3.45. The number of hydrogen-bond donors (Lipinski definition) is 1. The molecule has 0 radical (unpaired) electrons. The van der Waals surface area contributed by atoms with E-state index in [9.17, 15) is 9.90 Å². The Hall–Kier alpha value is -0.770. The van der Waals surface area contributed by atoms with Gasteiger partial charge in [-0.05, 0) is 53.9 Å². The summed E-state index contributed by atoms with van der Waals surface area (Å²) in [6.07, 6.45) is 10.9. The van der Waals surface area contributed by atoms with E-state index >= 15 is 0 Å². The number of rotatable bonds is 11. The van der Waals surface area contributed by atoms with Crippen molar-refractivity contribution < 1.29 is 9.90 Å². The maximum atomic E-state index is 10.4. The first kappa shape index (κ1) is 25.5. The van der Waals surface area contributed by atoms with Crippen LogP contribution in [0.2, 0.25) is 0 Å². The van der Waals surface area contributed by atoms with Gasteiger partial charge >= 0.3 is 0 Å². The van der Waals surface area contributed by atoms with E-state index in [1.165, 1.54) is 32.1 Å². The Kier molecular flexibility index (Phi) is 15.5. The lowest BCUT2D eigenvalue weighted by Gasteiger charge is -2.19. The molecule has 0 aromatic rings. The minimum Gasteiger partial charge on any atom is -0.368 e. The fraction of sp³-hybridized carbons (Fsp3) is 0.950. The van der Waals surface area contributed by atoms with Crippen molar-refractivity contribution in [2.24, 2.45) is 10.2 Å². The summed E-state index contributed by atoms with van der Waals surface area (Å²) in [7, 11) is 0. The van der Waals surface area contributed by atoms with Crippen LogP contribution in [-0.2, 0) is 4.79 Å². The van der Waals surface area contributed by atoms with Crippen LogP contribution in [0.5, 0.6) is 0 Å². The molecule has 0 heterocycles. The highest BCUT2D eigenvalue weighted by molar-refractivity contribution is 5.75. The van der Waals surface area contributed by atoms with E-state index in [1.54, 1.807) is 13.8 Å². The molecule has 0 spiro atoms. The van der Waals surface area contributed by atoms with Crippen LogP contribution in [0, 0.1) is 0 Å². The molecule has 4 heteroatoms. The van der Waals surface area contributed by atoms with Crippen molar-refractivity contribution in [3.63, 3.8) is 0 Å². The zero-order valence-electron chi connectivity index (χ0n) is 17.3. The lowest BCUT2D eigenvalue weighted by Crippen LogP contribution is -2.22. The topological polar surface area (TPSA) is 62.0 Å². The molecule has 0 aliphatic rings. The fourth-order valence-corrected chi connectivity index (χ4v) is 2.00. The van der Waals surface area contributed by atoms with E-state index in [1.807, 2.05) is 20.8 Å². The molecule has 0 amide bonds. The lowest BCUT2D eigenvalue weighted by molar-refractivity contribution is -0.117. The summed E-state index contributed by atoms with van der Waals surface area (Å²) in [5.74, 6) is 0.325. The SMILES string of the molecule is CCCCCCC(C)(O)N=NC(C)(C)C.CCCCCCC(C)=O. The Morgan fingerprint density at radius 2 is 1.33 bits per heavy atom. The molecule has 0 aromatic carbocycles. The van der Waals surface area contributed by atoms with Gasteiger partial charge in [0.1, 0.15) is 5.78 Å². The minimum absolute atomic E-state index is 0.201. The summed E-state index contributed by atoms with van der Waals surface area (Å²) >= 11 is 0. The van der Waals surface area contributed by atoms with E-state index in [0.717, 1.165) is 25.7 Å². The first-order valence-corrected chi connectivity index (χ1v) is 9.70. The summed E-state index contributed by atoms with van der Waals surface area (Å²) in [5, 5.41) is 18.0. The monoisotopic (exact) mass is 342 g/mol. The van der Waals surface area contributed by atoms with Crippen molar-refractivity contribution in [2.45, 2.75) is 124 Å². The van der Waals surface area contributed by atoms with Crippen LogP contribution < -0.4 is 0 Å². The van der Waals surface area contributed by atoms with Crippen molar-refractivity contribution >= 4 is 5.78 Å². The van der Waals surface area contributed by atoms with Crippen LogP contribution in [0.1, 0.15) is 113 Å². The molecular formula is C20H42N2O2. The van der Waals surface area contributed by atoms with Crippen LogP contribution in [0.4, 0.5) is 0 Å². The average molecular weight is 343 g/mol. The van der Waals surface area contributed by atoms with Crippen molar-refractivity contribution in [1.82, 2.24) is 0 Å². The number of hydrogen-bond acceptors (Lipinski definition) is 4. The minimum atomic E-state index is -0.985. The summed E-state index contributed by atoms with van der Waals surface area (Å²) in [5.41, 5.74) is -1.19. The van der Waals surface area contributed by atoms with Gasteiger partial charge in [0.05, 0.1) is 5.54 Å². The van der Waals surface area contributed by atoms with Crippen LogP contribution in [-0.4, -0.2) is 22.2 Å². The molecular weight excluding hydrogens is 300 g/mol. The van der Waals surface area contributed by atoms with Crippen LogP contribution in [0.3, 0.4) is 0 Å². The molecule has 0 aliphatic carbocycles. The van der Waals surface area contributed by atoms with Gasteiger partial charge in [-0.1, -0.05) is 52.4 Å². The molecule has 0 saturated heterocycles. The van der Waals surface area contributed by atoms with Crippen LogP contribution in [0.25, 0.3) is 0 Å². The number of carbonyl (C=O) groups excluding carboxylic acids is 1. The lowest BCUT2D eigenvalue weighted by atomic mass is 10.1. The molecule has 0 saturated carbocycles. The molecule has 1 N–H and O–H groups in total. The van der Waals surface area contributed by atoms with Gasteiger partial charge in [-0.15, -0.1) is 0 Å². The molecule has 144 valence electrons. The number of azo groups is 1. The highest BCUT2D eigenvalue weighted by Gasteiger charge is 2.19. The first-order valence-electron chi connectivity index (χ1n) is 9.70. The summed E-state index contributed by atoms with van der Waals surface area (Å²) in [6.45, 7) is 13.7. The number of carbonyl (C=O) groups is 1. The van der Waals surface area contributed by atoms with Crippen molar-refractivity contribution in [2.75, 3.05) is 0 Å². The molecule has 0 aliphatic heterocycles. The maximum absolute atomic E-state index is 10.4. The molecule has 0 aromatic heterocycles. The van der Waals surface area contributed by atoms with Crippen molar-refractivity contribution in [1.29, 1.82) is 0 Å². The van der Waals surface area contributed by atoms with Gasteiger partial charge in [-0.3, -0.25) is 0 Å². The van der Waals surface area contributed by atoms with Gasteiger partial charge in [0.25, 0.3) is 0 Å². The smallest absolute Gasteiger partial charge is 0.173 e. The van der Waals surface area contributed by atoms with E-state index in [4.69, 9.17) is 0 Å². The number of aliphatic hydroxyl groups is 1. The number of unbranched alkanes of at least 4 members (excludes halogenated alkanes) is 6. The van der Waals surface area contributed by atoms with Gasteiger partial charge < -0.3 is 9.90 Å². The number of ketones is 1. The summed E-state index contributed by atoms with van der Waals surface area (Å²) in [4.78, 5) is 10.4. The maximum Gasteiger partial charge on any atom is 0.173 e. The quantitative estimate of drug-likeness (QED) is 0.346. The van der Waals surface area contributed by atoms with Gasteiger partial charge in [0, 0.05) is 6.42 Å². The normalized spacial score (nSPS) is 14.2. The third kappa shape index (κ3) is 23.5. The second kappa shape index (κ2) is 14.6. The van der Waals surface area contributed by atoms with E-state index in [2.05, 4.69) is 24.1 Å². The summed E-state index contributed by atoms with van der Waals surface area (Å²) < 4.78 is 0. The Morgan fingerprint density at radius 1 is 0.833 bits per heavy atom. The fourth-order valence-electron chi connectivity index (χ4n) is 2.00. The van der Waals surface area contributed by atoms with Gasteiger partial charge in [-0.2, -0.15) is 10.2 Å². The van der Waals surface area contributed by atoms with E-state index in [0.29, 0.717) is 12.2 Å². The Bertz CT molecular complexity index is 331.